The molecule has 2 saturated carbocycles. The van der Waals surface area contributed by atoms with Gasteiger partial charge in [-0.1, -0.05) is 145 Å². The molecular weight excluding hydrogens is 3260 g/mol. The first kappa shape index (κ1) is 109. The maximum atomic E-state index is 13.5. The van der Waals surface area contributed by atoms with Crippen LogP contribution in [0.5, 0.6) is 23.0 Å². The van der Waals surface area contributed by atoms with E-state index in [1.807, 2.05) is 200 Å². The van der Waals surface area contributed by atoms with Gasteiger partial charge in [-0.25, -0.2) is 23.6 Å². The second kappa shape index (κ2) is 53.9. The van der Waals surface area contributed by atoms with Gasteiger partial charge in [-0.2, -0.15) is 0 Å². The van der Waals surface area contributed by atoms with Crippen LogP contribution in [-0.2, 0) is 43.6 Å². The molecule has 139 heavy (non-hydrogen) atoms. The molecule has 3 atom stereocenters. The average molecular weight is 3340 g/mol. The molecule has 0 aromatic heterocycles. The number of rotatable bonds is 22. The Morgan fingerprint density at radius 3 is 0.676 bits per heavy atom. The lowest BCUT2D eigenvalue weighted by Crippen LogP contribution is -2.13. The van der Waals surface area contributed by atoms with Crippen molar-refractivity contribution in [2.45, 2.75) is 135 Å². The Kier molecular flexibility index (Phi) is 42.5. The Bertz CT molecular complexity index is 6420. The monoisotopic (exact) mass is 3340 g/mol. The van der Waals surface area contributed by atoms with Crippen molar-refractivity contribution in [1.82, 2.24) is 0 Å². The van der Waals surface area contributed by atoms with Gasteiger partial charge in [0.2, 0.25) is 0 Å². The van der Waals surface area contributed by atoms with E-state index in [0.717, 1.165) is 71.8 Å². The third-order valence-corrected chi connectivity index (χ3v) is 48.0. The first-order chi connectivity index (χ1) is 67.3. The normalized spacial score (nSPS) is 13.2. The van der Waals surface area contributed by atoms with Crippen LogP contribution >= 0.6 is 299 Å². The van der Waals surface area contributed by atoms with Crippen LogP contribution in [0.25, 0.3) is 0 Å². The molecule has 18 rings (SSSR count). The summed E-state index contributed by atoms with van der Waals surface area (Å²) in [7, 11) is -1.20. The summed E-state index contributed by atoms with van der Waals surface area (Å²) >= 11 is 36.1. The van der Waals surface area contributed by atoms with E-state index in [-0.39, 0.29) is 62.4 Å². The van der Waals surface area contributed by atoms with E-state index in [1.54, 1.807) is 0 Å². The molecule has 0 amide bonds. The molecule has 0 bridgehead atoms. The van der Waals surface area contributed by atoms with Crippen molar-refractivity contribution in [1.29, 1.82) is 0 Å². The molecule has 27 heteroatoms. The molecule has 8 nitrogen and oxygen atoms in total. The van der Waals surface area contributed by atoms with Crippen LogP contribution in [0.4, 0.5) is 4.39 Å². The molecule has 702 valence electrons. The predicted octanol–water partition coefficient (Wildman–Crippen LogP) is 36.9. The summed E-state index contributed by atoms with van der Waals surface area (Å²) in [6, 6.07) is 120. The van der Waals surface area contributed by atoms with Crippen LogP contribution in [0.3, 0.4) is 0 Å². The highest BCUT2D eigenvalue weighted by molar-refractivity contribution is 14.1. The van der Waals surface area contributed by atoms with Crippen molar-refractivity contribution in [3.8, 4) is 23.0 Å². The van der Waals surface area contributed by atoms with Gasteiger partial charge in [0, 0.05) is 52.3 Å². The summed E-state index contributed by atoms with van der Waals surface area (Å²) in [6.07, 6.45) is 13.4. The largest absolute Gasteiger partial charge is 0.423 e. The Morgan fingerprint density at radius 1 is 0.245 bits per heavy atom. The fourth-order valence-corrected chi connectivity index (χ4v) is 33.6. The van der Waals surface area contributed by atoms with Gasteiger partial charge in [0.25, 0.3) is 0 Å². The number of ether oxygens (including phenoxy) is 4. The van der Waals surface area contributed by atoms with E-state index in [9.17, 15) is 23.6 Å². The van der Waals surface area contributed by atoms with Crippen molar-refractivity contribution < 1.29 is 42.5 Å². The number of esters is 4. The van der Waals surface area contributed by atoms with Gasteiger partial charge in [-0.3, -0.25) is 0 Å². The highest BCUT2D eigenvalue weighted by Crippen LogP contribution is 2.43. The molecule has 0 radical (unpaired) electrons. The van der Waals surface area contributed by atoms with Gasteiger partial charge >= 0.3 is 23.9 Å². The highest BCUT2D eigenvalue weighted by Gasteiger charge is 2.36. The minimum absolute atomic E-state index is 0.252. The van der Waals surface area contributed by atoms with Crippen LogP contribution in [0.1, 0.15) is 129 Å². The van der Waals surface area contributed by atoms with E-state index in [0.29, 0.717) is 62.1 Å². The summed E-state index contributed by atoms with van der Waals surface area (Å²) in [5.41, 5.74) is 5.41. The minimum Gasteiger partial charge on any atom is -0.423 e. The molecule has 0 saturated heterocycles. The maximum Gasteiger partial charge on any atom is 0.345 e. The van der Waals surface area contributed by atoms with E-state index >= 15 is 0 Å². The van der Waals surface area contributed by atoms with Gasteiger partial charge in [-0.15, -0.1) is 0 Å². The van der Waals surface area contributed by atoms with Crippen LogP contribution in [0, 0.1) is 48.7 Å². The lowest BCUT2D eigenvalue weighted by molar-refractivity contribution is 0.0722. The zero-order valence-corrected chi connectivity index (χ0v) is 105. The third kappa shape index (κ3) is 29.5. The van der Waals surface area contributed by atoms with Crippen LogP contribution < -0.4 is 18.9 Å². The molecule has 16 aromatic rings. The number of halogens is 15. The quantitative estimate of drug-likeness (QED) is 0.0217. The second-order valence-corrected chi connectivity index (χ2v) is 54.7. The topological polar surface area (TPSA) is 105 Å². The minimum atomic E-state index is -0.401. The standard InChI is InChI=1S/C37H36I3O2S.C25H15BrI3O2S.C25H15ClI3O2S.C25H15FI3O2S/c38-33-23-24-34(39)36(40)35(33)37(41)42-29-15-21-32(22-16-29)43(30-17-11-27(12-18-30)25-7-3-1-4-8-25)31-19-13-28(14-20-31)26-9-5-2-6-10-26;3*26-16-6-10-19(11-7-16)32(18-4-2-1-3-5-18)20-12-8-17(9-13-20)31-25(30)23-21(27)14-15-22(28)24(23)29/h11-26H,1-10H2;3*1-15H/q4*+1. The molecular formula is C112H81BrClFI12O8S4+4. The summed E-state index contributed by atoms with van der Waals surface area (Å²) in [4.78, 5) is 66.0. The summed E-state index contributed by atoms with van der Waals surface area (Å²) in [5.74, 6) is 1.91. The number of carbonyl (C=O) groups excluding carboxylic acids is 4. The Balaban J connectivity index is 0.000000142. The summed E-state index contributed by atoms with van der Waals surface area (Å²) < 4.78 is 48.8. The van der Waals surface area contributed by atoms with Gasteiger partial charge < -0.3 is 18.9 Å². The molecule has 0 N–H and O–H groups in total. The molecule has 2 fully saturated rings. The van der Waals surface area contributed by atoms with Gasteiger partial charge in [-0.05, 0) is 599 Å². The predicted molar refractivity (Wildman–Crippen MR) is 668 cm³/mol. The fourth-order valence-electron chi connectivity index (χ4n) is 15.7. The van der Waals surface area contributed by atoms with Crippen molar-refractivity contribution in [2.24, 2.45) is 0 Å². The molecule has 0 aliphatic heterocycles. The molecule has 3 unspecified atom stereocenters. The Morgan fingerprint density at radius 2 is 0.439 bits per heavy atom. The van der Waals surface area contributed by atoms with Gasteiger partial charge in [0.05, 0.1) is 65.8 Å². The lowest BCUT2D eigenvalue weighted by Gasteiger charge is -2.22. The molecule has 0 spiro atoms. The first-order valence-electron chi connectivity index (χ1n) is 43.7. The Hall–Kier alpha value is -3.74. The van der Waals surface area contributed by atoms with Crippen LogP contribution in [0.15, 0.2) is 421 Å². The number of hydrogen-bond donors (Lipinski definition) is 0. The lowest BCUT2D eigenvalue weighted by atomic mass is 9.84. The van der Waals surface area contributed by atoms with E-state index < -0.39 is 10.9 Å². The molecule has 0 heterocycles. The third-order valence-electron chi connectivity index (χ3n) is 22.5. The van der Waals surface area contributed by atoms with Gasteiger partial charge in [0.1, 0.15) is 28.8 Å². The van der Waals surface area contributed by atoms with Crippen molar-refractivity contribution in [2.75, 3.05) is 0 Å². The Labute approximate surface area is 999 Å². The summed E-state index contributed by atoms with van der Waals surface area (Å²) in [5, 5.41) is 0.715. The number of benzene rings is 16. The molecule has 2 aliphatic carbocycles. The van der Waals surface area contributed by atoms with Crippen molar-refractivity contribution in [3.05, 3.63) is 449 Å². The zero-order chi connectivity index (χ0) is 97.8. The SMILES string of the molecule is O=C(Oc1ccc([S+](c2ccc(C3CCCCC3)cc2)c2ccc(C3CCCCC3)cc2)cc1)c1c(I)ccc(I)c1I.O=C(Oc1ccc([S+](c2ccccc2)c2ccc(Br)cc2)cc1)c1c(I)ccc(I)c1I.O=C(Oc1ccc([S+](c2ccccc2)c2ccc(Cl)cc2)cc1)c1c(I)ccc(I)c1I.O=C(Oc1ccc([S+](c2ccccc2)c2ccc(F)cc2)cc1)c1c(I)ccc(I)c1I. The fraction of sp³-hybridized carbons (Fsp3) is 0.107. The van der Waals surface area contributed by atoms with Gasteiger partial charge in [0.15, 0.2) is 58.7 Å². The number of hydrogen-bond acceptors (Lipinski definition) is 8. The average Bonchev–Trinajstić information content (AvgIpc) is 0.791. The highest BCUT2D eigenvalue weighted by atomic mass is 127. The zero-order valence-electron chi connectivity index (χ0n) is 73.4. The van der Waals surface area contributed by atoms with Crippen LogP contribution in [-0.4, -0.2) is 23.9 Å². The second-order valence-electron chi connectivity index (χ2n) is 31.7. The van der Waals surface area contributed by atoms with E-state index in [4.69, 9.17) is 30.5 Å². The van der Waals surface area contributed by atoms with Crippen molar-refractivity contribution >= 4 is 366 Å². The summed E-state index contributed by atoms with van der Waals surface area (Å²) in [6.45, 7) is 0. The maximum absolute atomic E-state index is 13.5. The van der Waals surface area contributed by atoms with E-state index in [2.05, 4.69) is 433 Å². The van der Waals surface area contributed by atoms with E-state index in [1.165, 1.54) is 122 Å². The van der Waals surface area contributed by atoms with Crippen molar-refractivity contribution in [3.63, 3.8) is 0 Å². The molecule has 16 aromatic carbocycles. The smallest absolute Gasteiger partial charge is 0.345 e. The van der Waals surface area contributed by atoms with Crippen LogP contribution in [0.2, 0.25) is 5.02 Å². The number of carbonyl (C=O) groups is 4. The molecule has 2 aliphatic rings. The first-order valence-corrected chi connectivity index (χ1v) is 62.7.